The van der Waals surface area contributed by atoms with Gasteiger partial charge in [0.25, 0.3) is 0 Å². The molecular formula is C34H49N5O5S. The first kappa shape index (κ1) is 30.5. The molecule has 1 aliphatic heterocycles. The predicted octanol–water partition coefficient (Wildman–Crippen LogP) is 4.80. The summed E-state index contributed by atoms with van der Waals surface area (Å²) in [6.45, 7) is 0.823. The number of methoxy groups -OCH3 is 1. The summed E-state index contributed by atoms with van der Waals surface area (Å²) in [5.74, 6) is -0.824. The number of nitrogens with one attached hydrogen (secondary N) is 2. The largest absolute Gasteiger partial charge is 0.493 e. The van der Waals surface area contributed by atoms with Gasteiger partial charge in [0.2, 0.25) is 11.8 Å². The van der Waals surface area contributed by atoms with E-state index in [1.165, 1.54) is 23.3 Å². The van der Waals surface area contributed by atoms with Crippen LogP contribution in [-0.4, -0.2) is 72.6 Å². The van der Waals surface area contributed by atoms with E-state index in [1.54, 1.807) is 23.1 Å². The van der Waals surface area contributed by atoms with Crippen molar-refractivity contribution in [2.75, 3.05) is 26.7 Å². The molecule has 0 unspecified atom stereocenters. The number of thiophene rings is 1. The number of benzene rings is 1. The summed E-state index contributed by atoms with van der Waals surface area (Å²) in [6.07, 6.45) is 8.22. The molecule has 10 nitrogen and oxygen atoms in total. The highest BCUT2D eigenvalue weighted by molar-refractivity contribution is 7.09. The number of amides is 3. The highest BCUT2D eigenvalue weighted by Crippen LogP contribution is 2.31. The van der Waals surface area contributed by atoms with Crippen LogP contribution in [0, 0.1) is 5.89 Å². The van der Waals surface area contributed by atoms with Gasteiger partial charge in [0.15, 0.2) is 11.5 Å². The first-order valence-corrected chi connectivity index (χ1v) is 17.2. The second-order valence-corrected chi connectivity index (χ2v) is 13.3. The molecule has 0 bridgehead atoms. The maximum absolute atomic E-state index is 14.5. The monoisotopic (exact) mass is 641 g/mol. The molecule has 2 aliphatic carbocycles. The highest BCUT2D eigenvalue weighted by atomic mass is 32.1. The van der Waals surface area contributed by atoms with Gasteiger partial charge in [-0.25, -0.2) is 4.79 Å². The van der Waals surface area contributed by atoms with Crippen molar-refractivity contribution in [3.63, 3.8) is 0 Å². The molecule has 2 aromatic rings. The average molecular weight is 642 g/mol. The number of hydrogen-bond acceptors (Lipinski definition) is 8. The van der Waals surface area contributed by atoms with Gasteiger partial charge >= 0.3 is 6.09 Å². The van der Waals surface area contributed by atoms with Crippen molar-refractivity contribution in [1.82, 2.24) is 20.4 Å². The smallest absolute Gasteiger partial charge is 0.415 e. The van der Waals surface area contributed by atoms with Gasteiger partial charge in [0, 0.05) is 33.3 Å². The standard InChI is InChI=1S/C34H49N5O5S/c1-43-31-20-25(21-35)14-15-30(31)44-34(42)38-16-17-39(29(23-38)32(40)36-22-27-13-8-18-45-27)33(41)28(19-24-9-4-2-5-10-24)37-26-11-6-3-7-12-26/h8,13-15,18,20,24,26,28-29,37H,2-7,9-12,16-17,19,21-23,35H2,1H3,(H,36,40)/t28-,29-/m0/s1/i24D,26D. The summed E-state index contributed by atoms with van der Waals surface area (Å²) < 4.78 is 29.5. The lowest BCUT2D eigenvalue weighted by molar-refractivity contribution is -0.145. The molecule has 246 valence electrons. The number of ether oxygens (including phenoxy) is 2. The van der Waals surface area contributed by atoms with Crippen LogP contribution in [0.2, 0.25) is 0 Å². The molecule has 1 aromatic carbocycles. The van der Waals surface area contributed by atoms with Gasteiger partial charge in [-0.1, -0.05) is 63.5 Å². The minimum absolute atomic E-state index is 0.0607. The van der Waals surface area contributed by atoms with Gasteiger partial charge in [-0.2, -0.15) is 0 Å². The fourth-order valence-corrected chi connectivity index (χ4v) is 7.18. The first-order valence-electron chi connectivity index (χ1n) is 17.3. The molecule has 45 heavy (non-hydrogen) atoms. The van der Waals surface area contributed by atoms with Crippen molar-refractivity contribution < 1.29 is 26.6 Å². The SMILES string of the molecule is [2H]C1(C[C@H](NC2([2H])CCCCC2)C(=O)N2CCN(C(=O)Oc3ccc(CN)cc3OC)C[C@H]2C(=O)NCc2cccs2)CCCCC1. The van der Waals surface area contributed by atoms with Crippen LogP contribution >= 0.6 is 11.3 Å². The van der Waals surface area contributed by atoms with Crippen LogP contribution in [-0.2, 0) is 22.7 Å². The number of nitrogens with zero attached hydrogens (tertiary/aromatic N) is 2. The quantitative estimate of drug-likeness (QED) is 0.322. The van der Waals surface area contributed by atoms with Gasteiger partial charge < -0.3 is 35.6 Å². The summed E-state index contributed by atoms with van der Waals surface area (Å²) in [5.41, 5.74) is 6.58. The van der Waals surface area contributed by atoms with Crippen molar-refractivity contribution in [1.29, 1.82) is 0 Å². The van der Waals surface area contributed by atoms with Crippen molar-refractivity contribution >= 4 is 29.2 Å². The number of hydrogen-bond donors (Lipinski definition) is 3. The van der Waals surface area contributed by atoms with Crippen molar-refractivity contribution in [3.05, 3.63) is 46.2 Å². The number of carbonyl (C=O) groups excluding carboxylic acids is 3. The van der Waals surface area contributed by atoms with Gasteiger partial charge in [0.1, 0.15) is 6.04 Å². The van der Waals surface area contributed by atoms with Crippen molar-refractivity contribution in [3.8, 4) is 11.5 Å². The second kappa shape index (κ2) is 16.4. The molecule has 11 heteroatoms. The molecule has 5 rings (SSSR count). The molecule has 0 spiro atoms. The molecule has 2 saturated carbocycles. The van der Waals surface area contributed by atoms with Crippen LogP contribution < -0.4 is 25.8 Å². The van der Waals surface area contributed by atoms with E-state index in [0.717, 1.165) is 49.0 Å². The van der Waals surface area contributed by atoms with Gasteiger partial charge in [-0.05, 0) is 54.3 Å². The number of rotatable bonds is 11. The average Bonchev–Trinajstić information content (AvgIpc) is 3.61. The van der Waals surface area contributed by atoms with Crippen LogP contribution in [0.25, 0.3) is 0 Å². The van der Waals surface area contributed by atoms with E-state index in [1.807, 2.05) is 17.5 Å². The molecule has 3 fully saturated rings. The Morgan fingerprint density at radius 3 is 2.49 bits per heavy atom. The highest BCUT2D eigenvalue weighted by Gasteiger charge is 2.41. The summed E-state index contributed by atoms with van der Waals surface area (Å²) in [4.78, 5) is 45.8. The third-order valence-electron chi connectivity index (χ3n) is 9.09. The molecule has 3 aliphatic rings. The first-order chi connectivity index (χ1) is 22.6. The molecule has 2 atom stereocenters. The van der Waals surface area contributed by atoms with E-state index >= 15 is 0 Å². The zero-order valence-electron chi connectivity index (χ0n) is 28.4. The molecule has 4 N–H and O–H groups in total. The molecule has 2 heterocycles. The summed E-state index contributed by atoms with van der Waals surface area (Å²) in [5, 5.41) is 8.31. The zero-order chi connectivity index (χ0) is 33.4. The Morgan fingerprint density at radius 2 is 1.80 bits per heavy atom. The fraction of sp³-hybridized carbons (Fsp3) is 0.618. The summed E-state index contributed by atoms with van der Waals surface area (Å²) in [7, 11) is 1.48. The summed E-state index contributed by atoms with van der Waals surface area (Å²) >= 11 is 1.52. The second-order valence-electron chi connectivity index (χ2n) is 12.2. The van der Waals surface area contributed by atoms with Gasteiger partial charge in [-0.15, -0.1) is 11.3 Å². The van der Waals surface area contributed by atoms with Crippen LogP contribution in [0.15, 0.2) is 35.7 Å². The summed E-state index contributed by atoms with van der Waals surface area (Å²) in [6, 6.07) is 6.23. The Bertz CT molecular complexity index is 1340. The number of carbonyl (C=O) groups is 3. The minimum Gasteiger partial charge on any atom is -0.493 e. The van der Waals surface area contributed by atoms with Gasteiger partial charge in [0.05, 0.1) is 26.2 Å². The topological polar surface area (TPSA) is 126 Å². The Kier molecular flexibility index (Phi) is 11.1. The number of nitrogens with two attached hydrogens (primary N) is 1. The van der Waals surface area contributed by atoms with Crippen molar-refractivity contribution in [2.24, 2.45) is 11.6 Å². The molecule has 0 radical (unpaired) electrons. The maximum atomic E-state index is 14.5. The van der Waals surface area contributed by atoms with Gasteiger partial charge in [-0.3, -0.25) is 9.59 Å². The Labute approximate surface area is 273 Å². The Morgan fingerprint density at radius 1 is 1.04 bits per heavy atom. The van der Waals surface area contributed by atoms with Crippen LogP contribution in [0.1, 0.15) is 83.8 Å². The number of piperazine rings is 1. The molecule has 1 aromatic heterocycles. The minimum atomic E-state index is -0.976. The third-order valence-corrected chi connectivity index (χ3v) is 9.97. The van der Waals surface area contributed by atoms with Crippen LogP contribution in [0.5, 0.6) is 11.5 Å². The molecule has 1 saturated heterocycles. The normalized spacial score (nSPS) is 22.5. The van der Waals surface area contributed by atoms with E-state index in [4.69, 9.17) is 16.6 Å². The van der Waals surface area contributed by atoms with E-state index in [-0.39, 0.29) is 43.6 Å². The molecule has 3 amide bonds. The Hall–Kier alpha value is -3.15. The predicted molar refractivity (Wildman–Crippen MR) is 175 cm³/mol. The van der Waals surface area contributed by atoms with Crippen LogP contribution in [0.4, 0.5) is 4.79 Å². The van der Waals surface area contributed by atoms with E-state index in [2.05, 4.69) is 10.6 Å². The zero-order valence-corrected chi connectivity index (χ0v) is 27.2. The fourth-order valence-electron chi connectivity index (χ4n) is 6.54. The molecular weight excluding hydrogens is 590 g/mol. The van der Waals surface area contributed by atoms with E-state index in [0.29, 0.717) is 44.5 Å². The lowest BCUT2D eigenvalue weighted by Crippen LogP contribution is -2.64. The van der Waals surface area contributed by atoms with Crippen LogP contribution in [0.3, 0.4) is 0 Å². The van der Waals surface area contributed by atoms with E-state index < -0.39 is 30.1 Å². The lowest BCUT2D eigenvalue weighted by Gasteiger charge is -2.42. The van der Waals surface area contributed by atoms with Crippen molar-refractivity contribution in [2.45, 2.75) is 102 Å². The third kappa shape index (κ3) is 8.98. The lowest BCUT2D eigenvalue weighted by atomic mass is 9.83. The maximum Gasteiger partial charge on any atom is 0.415 e. The Balaban J connectivity index is 1.37. The van der Waals surface area contributed by atoms with E-state index in [9.17, 15) is 15.8 Å².